The summed E-state index contributed by atoms with van der Waals surface area (Å²) >= 11 is 0. The minimum Gasteiger partial charge on any atom is -0.376 e. The van der Waals surface area contributed by atoms with Crippen molar-refractivity contribution in [2.45, 2.75) is 13.5 Å². The van der Waals surface area contributed by atoms with E-state index in [1.807, 2.05) is 6.92 Å². The van der Waals surface area contributed by atoms with E-state index in [-0.39, 0.29) is 0 Å². The van der Waals surface area contributed by atoms with Crippen LogP contribution in [0, 0.1) is 0 Å². The molecule has 0 unspecified atom stereocenters. The van der Waals surface area contributed by atoms with E-state index in [2.05, 4.69) is 56.3 Å². The molecule has 68 valence electrons. The fourth-order valence-electron chi connectivity index (χ4n) is 1.41. The van der Waals surface area contributed by atoms with Crippen LogP contribution in [-0.4, -0.2) is 19.8 Å². The van der Waals surface area contributed by atoms with Gasteiger partial charge in [-0.15, -0.1) is 0 Å². The summed E-state index contributed by atoms with van der Waals surface area (Å²) in [7, 11) is 4.21. The van der Waals surface area contributed by atoms with Gasteiger partial charge in [0, 0.05) is 13.6 Å². The summed E-state index contributed by atoms with van der Waals surface area (Å²) in [4.78, 5) is 2.18. The van der Waals surface area contributed by atoms with Crippen LogP contribution in [0.3, 0.4) is 0 Å². The molecule has 0 aliphatic heterocycles. The van der Waals surface area contributed by atoms with Crippen LogP contribution in [0.15, 0.2) is 36.5 Å². The van der Waals surface area contributed by atoms with Crippen molar-refractivity contribution in [1.82, 2.24) is 4.90 Å². The van der Waals surface area contributed by atoms with Crippen molar-refractivity contribution < 1.29 is 0 Å². The van der Waals surface area contributed by atoms with Gasteiger partial charge < -0.3 is 4.90 Å². The highest BCUT2D eigenvalue weighted by Gasteiger charge is 1.94. The summed E-state index contributed by atoms with van der Waals surface area (Å²) in [6.07, 6.45) is 4.14. The zero-order valence-electron chi connectivity index (χ0n) is 8.62. The molecule has 0 fully saturated rings. The Balaban J connectivity index is 2.63. The molecule has 0 radical (unpaired) electrons. The highest BCUT2D eigenvalue weighted by molar-refractivity contribution is 6.32. The molecule has 0 saturated carbocycles. The van der Waals surface area contributed by atoms with Gasteiger partial charge in [-0.2, -0.15) is 0 Å². The van der Waals surface area contributed by atoms with Gasteiger partial charge in [0.15, 0.2) is 0 Å². The summed E-state index contributed by atoms with van der Waals surface area (Å²) < 4.78 is 0. The topological polar surface area (TPSA) is 3.24 Å². The summed E-state index contributed by atoms with van der Waals surface area (Å²) in [5, 5.41) is 0. The summed E-state index contributed by atoms with van der Waals surface area (Å²) in [5.74, 6) is 0. The number of rotatable bonds is 3. The Hall–Kier alpha value is -1.18. The van der Waals surface area contributed by atoms with E-state index >= 15 is 0 Å². The van der Waals surface area contributed by atoms with Gasteiger partial charge in [-0.3, -0.25) is 0 Å². The number of hydrogen-bond donors (Lipinski definition) is 0. The molecular weight excluding hydrogens is 157 g/mol. The van der Waals surface area contributed by atoms with E-state index in [1.54, 1.807) is 0 Å². The molecule has 0 bridgehead atoms. The zero-order valence-corrected chi connectivity index (χ0v) is 8.62. The van der Waals surface area contributed by atoms with Crippen LogP contribution >= 0.6 is 0 Å². The molecule has 1 aromatic carbocycles. The molecule has 0 aliphatic rings. The number of hydrogen-bond acceptors (Lipinski definition) is 1. The maximum atomic E-state index is 2.22. The lowest BCUT2D eigenvalue weighted by molar-refractivity contribution is 0.450. The molecule has 13 heavy (non-hydrogen) atoms. The molecule has 0 aliphatic carbocycles. The fourth-order valence-corrected chi connectivity index (χ4v) is 1.41. The molecule has 0 atom stereocenters. The number of nitrogens with zero attached hydrogens (tertiary/aromatic N) is 1. The Morgan fingerprint density at radius 2 is 2.23 bits per heavy atom. The second kappa shape index (κ2) is 4.75. The summed E-state index contributed by atoms with van der Waals surface area (Å²) in [6.45, 7) is 3.01. The smallest absolute Gasteiger partial charge is 0.139 e. The predicted molar refractivity (Wildman–Crippen MR) is 60.9 cm³/mol. The molecule has 0 heterocycles. The van der Waals surface area contributed by atoms with Crippen molar-refractivity contribution in [3.63, 3.8) is 0 Å². The average molecular weight is 173 g/mol. The summed E-state index contributed by atoms with van der Waals surface area (Å²) in [5.41, 5.74) is 2.69. The molecule has 0 N–H and O–H groups in total. The van der Waals surface area contributed by atoms with E-state index in [1.165, 1.54) is 11.0 Å². The molecule has 0 amide bonds. The van der Waals surface area contributed by atoms with Gasteiger partial charge in [0.25, 0.3) is 0 Å². The van der Waals surface area contributed by atoms with E-state index in [9.17, 15) is 0 Å². The Bertz CT molecular complexity index is 294. The van der Waals surface area contributed by atoms with Crippen molar-refractivity contribution in [3.05, 3.63) is 42.1 Å². The lowest BCUT2D eigenvalue weighted by Crippen LogP contribution is -2.12. The monoisotopic (exact) mass is 173 g/mol. The van der Waals surface area contributed by atoms with Crippen molar-refractivity contribution in [1.29, 1.82) is 0 Å². The summed E-state index contributed by atoms with van der Waals surface area (Å²) in [6, 6.07) is 8.61. The molecule has 0 aromatic heterocycles. The first-order chi connectivity index (χ1) is 6.22. The van der Waals surface area contributed by atoms with Gasteiger partial charge in [0.05, 0.1) is 0 Å². The SMILES string of the molecule is Bc1cccc(CN(C)/C=C\C)c1. The third-order valence-corrected chi connectivity index (χ3v) is 1.92. The van der Waals surface area contributed by atoms with Crippen LogP contribution < -0.4 is 5.46 Å². The van der Waals surface area contributed by atoms with E-state index in [4.69, 9.17) is 0 Å². The first-order valence-electron chi connectivity index (χ1n) is 4.61. The quantitative estimate of drug-likeness (QED) is 0.614. The van der Waals surface area contributed by atoms with Crippen LogP contribution in [0.5, 0.6) is 0 Å². The molecule has 2 heteroatoms. The van der Waals surface area contributed by atoms with Gasteiger partial charge in [0.1, 0.15) is 7.85 Å². The molecule has 1 nitrogen and oxygen atoms in total. The maximum Gasteiger partial charge on any atom is 0.139 e. The minimum atomic E-state index is 0.978. The van der Waals surface area contributed by atoms with Crippen LogP contribution in [-0.2, 0) is 6.54 Å². The van der Waals surface area contributed by atoms with Crippen LogP contribution in [0.2, 0.25) is 0 Å². The molecular formula is C11H16BN. The van der Waals surface area contributed by atoms with Crippen molar-refractivity contribution >= 4 is 13.3 Å². The second-order valence-electron chi connectivity index (χ2n) is 3.39. The molecule has 1 rings (SSSR count). The second-order valence-corrected chi connectivity index (χ2v) is 3.39. The Kier molecular flexibility index (Phi) is 3.62. The highest BCUT2D eigenvalue weighted by Crippen LogP contribution is 2.00. The van der Waals surface area contributed by atoms with E-state index in [0.29, 0.717) is 0 Å². The Morgan fingerprint density at radius 1 is 1.46 bits per heavy atom. The largest absolute Gasteiger partial charge is 0.376 e. The average Bonchev–Trinajstić information content (AvgIpc) is 2.04. The van der Waals surface area contributed by atoms with E-state index < -0.39 is 0 Å². The fraction of sp³-hybridized carbons (Fsp3) is 0.273. The standard InChI is InChI=1S/C11H16BN/c1-3-7-13(2)9-10-5-4-6-11(12)8-10/h3-8H,9,12H2,1-2H3/b7-3-. The van der Waals surface area contributed by atoms with Gasteiger partial charge in [-0.25, -0.2) is 0 Å². The first kappa shape index (κ1) is 9.91. The molecule has 1 aromatic rings. The van der Waals surface area contributed by atoms with Crippen LogP contribution in [0.1, 0.15) is 12.5 Å². The van der Waals surface area contributed by atoms with Gasteiger partial charge in [0.2, 0.25) is 0 Å². The van der Waals surface area contributed by atoms with Crippen molar-refractivity contribution in [3.8, 4) is 0 Å². The van der Waals surface area contributed by atoms with Crippen molar-refractivity contribution in [2.75, 3.05) is 7.05 Å². The lowest BCUT2D eigenvalue weighted by atomic mass is 9.94. The molecule has 0 saturated heterocycles. The van der Waals surface area contributed by atoms with Crippen LogP contribution in [0.25, 0.3) is 0 Å². The first-order valence-corrected chi connectivity index (χ1v) is 4.61. The lowest BCUT2D eigenvalue weighted by Gasteiger charge is -2.13. The molecule has 0 spiro atoms. The Morgan fingerprint density at radius 3 is 2.85 bits per heavy atom. The van der Waals surface area contributed by atoms with Crippen molar-refractivity contribution in [2.24, 2.45) is 0 Å². The predicted octanol–water partition coefficient (Wildman–Crippen LogP) is 0.910. The van der Waals surface area contributed by atoms with Gasteiger partial charge in [-0.1, -0.05) is 35.8 Å². The maximum absolute atomic E-state index is 2.22. The zero-order chi connectivity index (χ0) is 9.68. The third-order valence-electron chi connectivity index (χ3n) is 1.92. The van der Waals surface area contributed by atoms with Crippen LogP contribution in [0.4, 0.5) is 0 Å². The number of benzene rings is 1. The highest BCUT2D eigenvalue weighted by atomic mass is 15.1. The van der Waals surface area contributed by atoms with E-state index in [0.717, 1.165) is 6.54 Å². The third kappa shape index (κ3) is 3.37. The normalized spacial score (nSPS) is 10.6. The number of allylic oxidation sites excluding steroid dienone is 1. The Labute approximate surface area is 81.5 Å². The minimum absolute atomic E-state index is 0.978. The van der Waals surface area contributed by atoms with Gasteiger partial charge in [-0.05, 0) is 18.7 Å². The van der Waals surface area contributed by atoms with Gasteiger partial charge >= 0.3 is 0 Å².